The van der Waals surface area contributed by atoms with Crippen molar-refractivity contribution in [1.29, 1.82) is 0 Å². The van der Waals surface area contributed by atoms with Gasteiger partial charge in [-0.25, -0.2) is 0 Å². The van der Waals surface area contributed by atoms with Crippen LogP contribution < -0.4 is 10.6 Å². The lowest BCUT2D eigenvalue weighted by atomic mass is 9.94. The Labute approximate surface area is 115 Å². The van der Waals surface area contributed by atoms with Crippen molar-refractivity contribution in [2.24, 2.45) is 5.92 Å². The van der Waals surface area contributed by atoms with Crippen LogP contribution in [0.4, 0.5) is 0 Å². The molecule has 0 aromatic heterocycles. The highest BCUT2D eigenvalue weighted by Crippen LogP contribution is 2.29. The minimum atomic E-state index is 0.227. The second-order valence-electron chi connectivity index (χ2n) is 5.81. The Bertz CT molecular complexity index is 265. The van der Waals surface area contributed by atoms with Crippen LogP contribution in [0.1, 0.15) is 19.3 Å². The van der Waals surface area contributed by atoms with E-state index in [9.17, 15) is 0 Å². The standard InChI is InChI=1S/C14H26N2O3/c1-2-12(14-10-17-5-4-15-14)13(3-1)16-8-11-9-18-6-7-19-11/h11-16H,1-10H2. The van der Waals surface area contributed by atoms with Gasteiger partial charge in [0.1, 0.15) is 0 Å². The van der Waals surface area contributed by atoms with Gasteiger partial charge in [-0.15, -0.1) is 0 Å². The molecule has 5 nitrogen and oxygen atoms in total. The molecule has 2 aliphatic heterocycles. The minimum absolute atomic E-state index is 0.227. The molecule has 4 atom stereocenters. The van der Waals surface area contributed by atoms with E-state index in [0.717, 1.165) is 46.1 Å². The second-order valence-corrected chi connectivity index (χ2v) is 5.81. The monoisotopic (exact) mass is 270 g/mol. The Kier molecular flexibility index (Phi) is 5.07. The molecule has 2 saturated heterocycles. The maximum absolute atomic E-state index is 5.69. The van der Waals surface area contributed by atoms with Gasteiger partial charge in [0.15, 0.2) is 0 Å². The highest BCUT2D eigenvalue weighted by molar-refractivity contribution is 4.92. The first-order chi connectivity index (χ1) is 9.43. The quantitative estimate of drug-likeness (QED) is 0.761. The lowest BCUT2D eigenvalue weighted by molar-refractivity contribution is -0.0875. The van der Waals surface area contributed by atoms with Gasteiger partial charge in [-0.3, -0.25) is 0 Å². The molecule has 0 spiro atoms. The first kappa shape index (κ1) is 13.8. The summed E-state index contributed by atoms with van der Waals surface area (Å²) >= 11 is 0. The zero-order valence-corrected chi connectivity index (χ0v) is 11.6. The first-order valence-electron chi connectivity index (χ1n) is 7.67. The van der Waals surface area contributed by atoms with Crippen molar-refractivity contribution < 1.29 is 14.2 Å². The van der Waals surface area contributed by atoms with Gasteiger partial charge in [0.25, 0.3) is 0 Å². The molecule has 0 radical (unpaired) electrons. The number of nitrogens with one attached hydrogen (secondary N) is 2. The van der Waals surface area contributed by atoms with E-state index < -0.39 is 0 Å². The zero-order chi connectivity index (χ0) is 12.9. The van der Waals surface area contributed by atoms with Gasteiger partial charge in [-0.1, -0.05) is 6.42 Å². The molecular formula is C14H26N2O3. The largest absolute Gasteiger partial charge is 0.379 e. The molecule has 1 aliphatic carbocycles. The number of morpholine rings is 1. The third kappa shape index (κ3) is 3.67. The molecule has 0 amide bonds. The van der Waals surface area contributed by atoms with Crippen LogP contribution in [0.3, 0.4) is 0 Å². The van der Waals surface area contributed by atoms with Crippen molar-refractivity contribution in [1.82, 2.24) is 10.6 Å². The maximum atomic E-state index is 5.69. The highest BCUT2D eigenvalue weighted by atomic mass is 16.6. The molecule has 3 rings (SSSR count). The molecule has 2 heterocycles. The topological polar surface area (TPSA) is 51.8 Å². The summed E-state index contributed by atoms with van der Waals surface area (Å²) in [5.74, 6) is 0.699. The number of hydrogen-bond donors (Lipinski definition) is 2. The molecule has 0 aromatic rings. The summed E-state index contributed by atoms with van der Waals surface area (Å²) in [4.78, 5) is 0. The van der Waals surface area contributed by atoms with Gasteiger partial charge in [0.05, 0.1) is 39.1 Å². The van der Waals surface area contributed by atoms with Crippen molar-refractivity contribution in [2.45, 2.75) is 37.5 Å². The summed E-state index contributed by atoms with van der Waals surface area (Å²) in [5, 5.41) is 7.31. The molecular weight excluding hydrogens is 244 g/mol. The number of ether oxygens (including phenoxy) is 3. The molecule has 0 aromatic carbocycles. The van der Waals surface area contributed by atoms with E-state index in [2.05, 4.69) is 10.6 Å². The van der Waals surface area contributed by atoms with Gasteiger partial charge in [0, 0.05) is 25.2 Å². The van der Waals surface area contributed by atoms with Gasteiger partial charge in [-0.2, -0.15) is 0 Å². The smallest absolute Gasteiger partial charge is 0.0933 e. The minimum Gasteiger partial charge on any atom is -0.379 e. The molecule has 4 unspecified atom stereocenters. The first-order valence-corrected chi connectivity index (χ1v) is 7.67. The molecule has 19 heavy (non-hydrogen) atoms. The Balaban J connectivity index is 1.45. The fourth-order valence-electron chi connectivity index (χ4n) is 3.52. The Morgan fingerprint density at radius 2 is 2.00 bits per heavy atom. The van der Waals surface area contributed by atoms with Crippen LogP contribution in [-0.2, 0) is 14.2 Å². The van der Waals surface area contributed by atoms with Gasteiger partial charge < -0.3 is 24.8 Å². The Morgan fingerprint density at radius 1 is 1.05 bits per heavy atom. The fraction of sp³-hybridized carbons (Fsp3) is 1.00. The molecule has 1 saturated carbocycles. The van der Waals surface area contributed by atoms with E-state index in [1.807, 2.05) is 0 Å². The van der Waals surface area contributed by atoms with E-state index >= 15 is 0 Å². The van der Waals surface area contributed by atoms with Crippen molar-refractivity contribution in [3.63, 3.8) is 0 Å². The third-order valence-electron chi connectivity index (χ3n) is 4.53. The summed E-state index contributed by atoms with van der Waals surface area (Å²) in [6.45, 7) is 5.84. The lowest BCUT2D eigenvalue weighted by Gasteiger charge is -2.34. The van der Waals surface area contributed by atoms with Gasteiger partial charge >= 0.3 is 0 Å². The van der Waals surface area contributed by atoms with E-state index in [1.54, 1.807) is 0 Å². The maximum Gasteiger partial charge on any atom is 0.0933 e. The van der Waals surface area contributed by atoms with Crippen molar-refractivity contribution in [3.8, 4) is 0 Å². The van der Waals surface area contributed by atoms with E-state index in [0.29, 0.717) is 18.0 Å². The van der Waals surface area contributed by atoms with Crippen LogP contribution in [0.2, 0.25) is 0 Å². The SMILES string of the molecule is C1CC(NCC2COCCO2)C(C2COCCN2)C1. The van der Waals surface area contributed by atoms with Crippen LogP contribution in [-0.4, -0.2) is 64.3 Å². The molecule has 5 heteroatoms. The molecule has 0 bridgehead atoms. The Hall–Kier alpha value is -0.200. The number of rotatable bonds is 4. The third-order valence-corrected chi connectivity index (χ3v) is 4.53. The summed E-state index contributed by atoms with van der Waals surface area (Å²) in [6, 6.07) is 1.13. The summed E-state index contributed by atoms with van der Waals surface area (Å²) in [6.07, 6.45) is 4.13. The molecule has 110 valence electrons. The zero-order valence-electron chi connectivity index (χ0n) is 11.6. The molecule has 2 N–H and O–H groups in total. The second kappa shape index (κ2) is 6.99. The van der Waals surface area contributed by atoms with Crippen LogP contribution in [0.15, 0.2) is 0 Å². The Morgan fingerprint density at radius 3 is 2.79 bits per heavy atom. The predicted octanol–water partition coefficient (Wildman–Crippen LogP) is 0.149. The van der Waals surface area contributed by atoms with Crippen molar-refractivity contribution in [3.05, 3.63) is 0 Å². The van der Waals surface area contributed by atoms with Gasteiger partial charge in [-0.05, 0) is 18.8 Å². The highest BCUT2D eigenvalue weighted by Gasteiger charge is 2.34. The van der Waals surface area contributed by atoms with Crippen LogP contribution in [0.25, 0.3) is 0 Å². The molecule has 3 fully saturated rings. The van der Waals surface area contributed by atoms with E-state index in [1.165, 1.54) is 19.3 Å². The van der Waals surface area contributed by atoms with Crippen molar-refractivity contribution >= 4 is 0 Å². The van der Waals surface area contributed by atoms with Gasteiger partial charge in [0.2, 0.25) is 0 Å². The lowest BCUT2D eigenvalue weighted by Crippen LogP contribution is -2.52. The number of hydrogen-bond acceptors (Lipinski definition) is 5. The summed E-state index contributed by atoms with van der Waals surface area (Å²) in [7, 11) is 0. The van der Waals surface area contributed by atoms with Crippen LogP contribution in [0, 0.1) is 5.92 Å². The normalized spacial score (nSPS) is 40.4. The van der Waals surface area contributed by atoms with E-state index in [-0.39, 0.29) is 6.10 Å². The van der Waals surface area contributed by atoms with Crippen LogP contribution >= 0.6 is 0 Å². The fourth-order valence-corrected chi connectivity index (χ4v) is 3.52. The average molecular weight is 270 g/mol. The van der Waals surface area contributed by atoms with Crippen LogP contribution in [0.5, 0.6) is 0 Å². The van der Waals surface area contributed by atoms with Crippen molar-refractivity contribution in [2.75, 3.05) is 46.1 Å². The molecule has 3 aliphatic rings. The van der Waals surface area contributed by atoms with E-state index in [4.69, 9.17) is 14.2 Å². The average Bonchev–Trinajstić information content (AvgIpc) is 2.95. The summed E-state index contributed by atoms with van der Waals surface area (Å²) in [5.41, 5.74) is 0. The predicted molar refractivity (Wildman–Crippen MR) is 72.3 cm³/mol. The summed E-state index contributed by atoms with van der Waals surface area (Å²) < 4.78 is 16.7.